The number of benzene rings is 1. The van der Waals surface area contributed by atoms with Crippen LogP contribution >= 0.6 is 0 Å². The summed E-state index contributed by atoms with van der Waals surface area (Å²) in [5, 5.41) is 4.73. The van der Waals surface area contributed by atoms with Crippen LogP contribution in [0.15, 0.2) is 48.9 Å². The number of aromatic nitrogens is 3. The van der Waals surface area contributed by atoms with Crippen LogP contribution in [0.3, 0.4) is 0 Å². The van der Waals surface area contributed by atoms with Gasteiger partial charge in [0.1, 0.15) is 0 Å². The normalized spacial score (nSPS) is 27.6. The maximum absolute atomic E-state index is 4.61. The van der Waals surface area contributed by atoms with Crippen molar-refractivity contribution in [3.05, 3.63) is 48.9 Å². The first-order valence-electron chi connectivity index (χ1n) is 9.46. The van der Waals surface area contributed by atoms with Gasteiger partial charge in [-0.1, -0.05) is 18.2 Å². The van der Waals surface area contributed by atoms with Crippen molar-refractivity contribution in [2.45, 2.75) is 31.8 Å². The highest BCUT2D eigenvalue weighted by atomic mass is 15.2. The summed E-state index contributed by atoms with van der Waals surface area (Å²) in [6, 6.07) is 11.2. The van der Waals surface area contributed by atoms with Gasteiger partial charge in [-0.3, -0.25) is 9.88 Å². The van der Waals surface area contributed by atoms with Crippen LogP contribution in [-0.2, 0) is 0 Å². The number of nitrogens with one attached hydrogen (secondary N) is 1. The Bertz CT molecular complexity index is 908. The summed E-state index contributed by atoms with van der Waals surface area (Å²) in [5.74, 6) is 1.47. The van der Waals surface area contributed by atoms with Crippen molar-refractivity contribution in [3.8, 4) is 11.1 Å². The number of hydrogen-bond donors (Lipinski definition) is 1. The number of anilines is 1. The molecule has 0 aliphatic carbocycles. The smallest absolute Gasteiger partial charge is 0.222 e. The highest BCUT2D eigenvalue weighted by molar-refractivity contribution is 5.94. The molecule has 0 spiro atoms. The van der Waals surface area contributed by atoms with Gasteiger partial charge in [-0.2, -0.15) is 0 Å². The first-order valence-corrected chi connectivity index (χ1v) is 9.46. The Morgan fingerprint density at radius 1 is 1.00 bits per heavy atom. The lowest BCUT2D eigenvalue weighted by atomic mass is 9.79. The van der Waals surface area contributed by atoms with Gasteiger partial charge in [0, 0.05) is 41.6 Å². The van der Waals surface area contributed by atoms with Crippen molar-refractivity contribution in [2.75, 3.05) is 18.4 Å². The highest BCUT2D eigenvalue weighted by Crippen LogP contribution is 2.34. The van der Waals surface area contributed by atoms with E-state index in [2.05, 4.69) is 44.2 Å². The fourth-order valence-corrected chi connectivity index (χ4v) is 4.59. The Balaban J connectivity index is 1.41. The third kappa shape index (κ3) is 2.63. The second-order valence-electron chi connectivity index (χ2n) is 7.46. The molecule has 0 unspecified atom stereocenters. The summed E-state index contributed by atoms with van der Waals surface area (Å²) in [7, 11) is 0. The largest absolute Gasteiger partial charge is 0.350 e. The van der Waals surface area contributed by atoms with Gasteiger partial charge in [0.2, 0.25) is 5.95 Å². The van der Waals surface area contributed by atoms with Gasteiger partial charge >= 0.3 is 0 Å². The number of piperidine rings is 3. The number of rotatable bonds is 3. The van der Waals surface area contributed by atoms with Crippen molar-refractivity contribution in [3.63, 3.8) is 0 Å². The Hall–Kier alpha value is -2.53. The van der Waals surface area contributed by atoms with Gasteiger partial charge in [-0.15, -0.1) is 0 Å². The van der Waals surface area contributed by atoms with Gasteiger partial charge in [0.25, 0.3) is 0 Å². The van der Waals surface area contributed by atoms with E-state index < -0.39 is 0 Å². The summed E-state index contributed by atoms with van der Waals surface area (Å²) < 4.78 is 0. The molecule has 0 amide bonds. The molecule has 5 heteroatoms. The molecule has 3 aliphatic rings. The van der Waals surface area contributed by atoms with E-state index >= 15 is 0 Å². The molecule has 0 saturated carbocycles. The number of pyridine rings is 1. The summed E-state index contributed by atoms with van der Waals surface area (Å²) in [6.07, 6.45) is 8.23. The summed E-state index contributed by atoms with van der Waals surface area (Å²) in [5.41, 5.74) is 3.14. The van der Waals surface area contributed by atoms with E-state index in [0.29, 0.717) is 12.1 Å². The van der Waals surface area contributed by atoms with Crippen LogP contribution in [0, 0.1) is 5.92 Å². The maximum Gasteiger partial charge on any atom is 0.222 e. The SMILES string of the molecule is C[C@@H]1[C@@H](Nc2ncc(-c3cccc4ncccc34)cn2)C2CCN1CC2. The highest BCUT2D eigenvalue weighted by Gasteiger charge is 2.39. The molecule has 1 N–H and O–H groups in total. The van der Waals surface area contributed by atoms with Crippen molar-refractivity contribution in [2.24, 2.45) is 5.92 Å². The molecular formula is C21H23N5. The molecule has 3 saturated heterocycles. The van der Waals surface area contributed by atoms with Gasteiger partial charge in [0.15, 0.2) is 0 Å². The quantitative estimate of drug-likeness (QED) is 0.786. The minimum atomic E-state index is 0.449. The predicted molar refractivity (Wildman–Crippen MR) is 104 cm³/mol. The minimum Gasteiger partial charge on any atom is -0.350 e. The first-order chi connectivity index (χ1) is 12.8. The van der Waals surface area contributed by atoms with Gasteiger partial charge in [-0.25, -0.2) is 9.97 Å². The fraction of sp³-hybridized carbons (Fsp3) is 0.381. The molecule has 3 fully saturated rings. The van der Waals surface area contributed by atoms with Crippen LogP contribution < -0.4 is 5.32 Å². The number of hydrogen-bond acceptors (Lipinski definition) is 5. The Morgan fingerprint density at radius 3 is 2.58 bits per heavy atom. The average Bonchev–Trinajstić information content (AvgIpc) is 2.71. The molecule has 6 rings (SSSR count). The molecule has 2 bridgehead atoms. The Labute approximate surface area is 153 Å². The van der Waals surface area contributed by atoms with E-state index in [1.807, 2.05) is 36.8 Å². The lowest BCUT2D eigenvalue weighted by molar-refractivity contribution is 0.0455. The van der Waals surface area contributed by atoms with Crippen molar-refractivity contribution in [1.82, 2.24) is 19.9 Å². The fourth-order valence-electron chi connectivity index (χ4n) is 4.59. The van der Waals surface area contributed by atoms with E-state index in [4.69, 9.17) is 0 Å². The molecule has 3 aromatic rings. The lowest BCUT2D eigenvalue weighted by Gasteiger charge is -2.49. The summed E-state index contributed by atoms with van der Waals surface area (Å²) >= 11 is 0. The molecule has 5 heterocycles. The number of fused-ring (bicyclic) bond motifs is 4. The predicted octanol–water partition coefficient (Wildman–Crippen LogP) is 3.59. The van der Waals surface area contributed by atoms with Crippen LogP contribution in [0.1, 0.15) is 19.8 Å². The molecule has 1 aromatic carbocycles. The zero-order valence-corrected chi connectivity index (χ0v) is 15.0. The van der Waals surface area contributed by atoms with Gasteiger partial charge < -0.3 is 5.32 Å². The minimum absolute atomic E-state index is 0.449. The molecular weight excluding hydrogens is 322 g/mol. The van der Waals surface area contributed by atoms with E-state index in [0.717, 1.165) is 33.9 Å². The van der Waals surface area contributed by atoms with E-state index in [1.165, 1.54) is 25.9 Å². The topological polar surface area (TPSA) is 53.9 Å². The molecule has 26 heavy (non-hydrogen) atoms. The Morgan fingerprint density at radius 2 is 1.81 bits per heavy atom. The summed E-state index contributed by atoms with van der Waals surface area (Å²) in [4.78, 5) is 16.2. The average molecular weight is 345 g/mol. The van der Waals surface area contributed by atoms with Crippen LogP contribution in [0.25, 0.3) is 22.0 Å². The molecule has 132 valence electrons. The Kier molecular flexibility index (Phi) is 3.82. The summed E-state index contributed by atoms with van der Waals surface area (Å²) in [6.45, 7) is 4.79. The van der Waals surface area contributed by atoms with Crippen LogP contribution in [0.5, 0.6) is 0 Å². The van der Waals surface area contributed by atoms with Crippen LogP contribution in [-0.4, -0.2) is 45.0 Å². The van der Waals surface area contributed by atoms with Gasteiger partial charge in [0.05, 0.1) is 5.52 Å². The van der Waals surface area contributed by atoms with Crippen LogP contribution in [0.4, 0.5) is 5.95 Å². The van der Waals surface area contributed by atoms with Crippen molar-refractivity contribution >= 4 is 16.9 Å². The zero-order valence-electron chi connectivity index (χ0n) is 15.0. The van der Waals surface area contributed by atoms with E-state index in [1.54, 1.807) is 0 Å². The van der Waals surface area contributed by atoms with Crippen LogP contribution in [0.2, 0.25) is 0 Å². The zero-order chi connectivity index (χ0) is 17.5. The first kappa shape index (κ1) is 15.7. The lowest BCUT2D eigenvalue weighted by Crippen LogP contribution is -2.59. The monoisotopic (exact) mass is 345 g/mol. The van der Waals surface area contributed by atoms with Gasteiger partial charge in [-0.05, 0) is 56.5 Å². The van der Waals surface area contributed by atoms with E-state index in [9.17, 15) is 0 Å². The van der Waals surface area contributed by atoms with E-state index in [-0.39, 0.29) is 0 Å². The molecule has 3 aliphatic heterocycles. The third-order valence-electron chi connectivity index (χ3n) is 6.08. The van der Waals surface area contributed by atoms with Crippen molar-refractivity contribution < 1.29 is 0 Å². The molecule has 0 radical (unpaired) electrons. The van der Waals surface area contributed by atoms with Crippen molar-refractivity contribution in [1.29, 1.82) is 0 Å². The third-order valence-corrected chi connectivity index (χ3v) is 6.08. The number of nitrogens with zero attached hydrogens (tertiary/aromatic N) is 4. The molecule has 2 aromatic heterocycles. The standard InChI is InChI=1S/C21H23N5/c1-14-20(15-7-10-26(14)11-8-15)25-21-23-12-16(13-24-21)17-4-2-6-19-18(17)5-3-9-22-19/h2-6,9,12-15,20H,7-8,10-11H2,1H3,(H,23,24,25)/t14-,20-/m1/s1. The molecule has 2 atom stereocenters. The second kappa shape index (κ2) is 6.32. The second-order valence-corrected chi connectivity index (χ2v) is 7.46. The molecule has 5 nitrogen and oxygen atoms in total. The maximum atomic E-state index is 4.61.